The first-order valence-corrected chi connectivity index (χ1v) is 7.90. The van der Waals surface area contributed by atoms with Crippen molar-refractivity contribution in [2.75, 3.05) is 6.54 Å². The molecule has 114 valence electrons. The minimum Gasteiger partial charge on any atom is -0.458 e. The van der Waals surface area contributed by atoms with Crippen LogP contribution in [-0.2, 0) is 5.60 Å². The second kappa shape index (κ2) is 5.76. The number of aliphatic hydroxyl groups is 1. The number of hydrogen-bond acceptors (Lipinski definition) is 4. The molecule has 2 aromatic heterocycles. The molecule has 6 heteroatoms. The summed E-state index contributed by atoms with van der Waals surface area (Å²) in [7, 11) is 0. The van der Waals surface area contributed by atoms with Gasteiger partial charge in [0.15, 0.2) is 0 Å². The molecule has 2 heterocycles. The van der Waals surface area contributed by atoms with E-state index in [9.17, 15) is 9.90 Å². The number of hydrogen-bond donors (Lipinski definition) is 2. The molecule has 1 amide bonds. The zero-order valence-corrected chi connectivity index (χ0v) is 13.4. The topological polar surface area (TPSA) is 62.5 Å². The molecule has 0 saturated heterocycles. The summed E-state index contributed by atoms with van der Waals surface area (Å²) in [5, 5.41) is 14.2. The van der Waals surface area contributed by atoms with E-state index < -0.39 is 5.60 Å². The summed E-state index contributed by atoms with van der Waals surface area (Å²) in [5.74, 6) is 0.145. The first-order valence-electron chi connectivity index (χ1n) is 6.71. The van der Waals surface area contributed by atoms with Crippen molar-refractivity contribution in [3.8, 4) is 0 Å². The Morgan fingerprint density at radius 3 is 2.82 bits per heavy atom. The summed E-state index contributed by atoms with van der Waals surface area (Å²) >= 11 is 7.00. The maximum Gasteiger partial charge on any atom is 0.261 e. The Bertz CT molecular complexity index is 789. The summed E-state index contributed by atoms with van der Waals surface area (Å²) in [5.41, 5.74) is -0.593. The number of amides is 1. The first-order chi connectivity index (χ1) is 10.5. The van der Waals surface area contributed by atoms with Gasteiger partial charge in [0, 0.05) is 5.39 Å². The fourth-order valence-electron chi connectivity index (χ4n) is 2.11. The number of thiophene rings is 1. The van der Waals surface area contributed by atoms with Crippen LogP contribution in [-0.4, -0.2) is 17.6 Å². The molecule has 0 aliphatic carbocycles. The zero-order chi connectivity index (χ0) is 15.7. The number of carbonyl (C=O) groups is 1. The minimum absolute atomic E-state index is 0.0428. The van der Waals surface area contributed by atoms with Crippen molar-refractivity contribution in [2.45, 2.75) is 12.5 Å². The number of carbonyl (C=O) groups excluding carboxylic acids is 1. The fraction of sp³-hybridized carbons (Fsp3) is 0.188. The predicted molar refractivity (Wildman–Crippen MR) is 87.4 cm³/mol. The molecule has 0 fully saturated rings. The monoisotopic (exact) mass is 335 g/mol. The number of nitrogens with one attached hydrogen (secondary N) is 1. The molecule has 0 spiro atoms. The maximum atomic E-state index is 12.0. The predicted octanol–water partition coefficient (Wildman–Crippen LogP) is 3.79. The van der Waals surface area contributed by atoms with Crippen LogP contribution in [0.1, 0.15) is 22.4 Å². The van der Waals surface area contributed by atoms with E-state index in [0.29, 0.717) is 20.6 Å². The van der Waals surface area contributed by atoms with Gasteiger partial charge in [-0.25, -0.2) is 0 Å². The smallest absolute Gasteiger partial charge is 0.261 e. The number of halogens is 1. The van der Waals surface area contributed by atoms with Gasteiger partial charge in [-0.2, -0.15) is 0 Å². The lowest BCUT2D eigenvalue weighted by Crippen LogP contribution is -2.38. The van der Waals surface area contributed by atoms with Gasteiger partial charge in [0.25, 0.3) is 5.91 Å². The van der Waals surface area contributed by atoms with E-state index in [0.717, 1.165) is 5.39 Å². The average Bonchev–Trinajstić information content (AvgIpc) is 3.11. The minimum atomic E-state index is -1.30. The summed E-state index contributed by atoms with van der Waals surface area (Å²) in [6, 6.07) is 12.6. The Morgan fingerprint density at radius 2 is 2.14 bits per heavy atom. The van der Waals surface area contributed by atoms with Crippen LogP contribution in [0, 0.1) is 0 Å². The highest BCUT2D eigenvalue weighted by Gasteiger charge is 2.28. The van der Waals surface area contributed by atoms with Crippen molar-refractivity contribution in [3.05, 3.63) is 57.4 Å². The number of furan rings is 1. The Hall–Kier alpha value is -1.82. The second-order valence-electron chi connectivity index (χ2n) is 5.21. The molecule has 3 rings (SSSR count). The van der Waals surface area contributed by atoms with Crippen molar-refractivity contribution in [2.24, 2.45) is 0 Å². The lowest BCUT2D eigenvalue weighted by Gasteiger charge is -2.20. The van der Waals surface area contributed by atoms with E-state index in [-0.39, 0.29) is 12.5 Å². The van der Waals surface area contributed by atoms with E-state index in [1.54, 1.807) is 25.1 Å². The molecule has 3 aromatic rings. The fourth-order valence-corrected chi connectivity index (χ4v) is 3.07. The van der Waals surface area contributed by atoms with Crippen LogP contribution in [0.2, 0.25) is 4.34 Å². The van der Waals surface area contributed by atoms with Crippen molar-refractivity contribution >= 4 is 39.8 Å². The Kier molecular flexibility index (Phi) is 3.95. The first kappa shape index (κ1) is 15.1. The van der Waals surface area contributed by atoms with E-state index in [1.807, 2.05) is 24.3 Å². The normalized spacial score (nSPS) is 14.0. The average molecular weight is 336 g/mol. The van der Waals surface area contributed by atoms with Gasteiger partial charge in [0.05, 0.1) is 15.8 Å². The van der Waals surface area contributed by atoms with Gasteiger partial charge >= 0.3 is 0 Å². The molecule has 0 aliphatic heterocycles. The Balaban J connectivity index is 1.74. The maximum absolute atomic E-state index is 12.0. The third-order valence-corrected chi connectivity index (χ3v) is 4.58. The SMILES string of the molecule is C[C@@](O)(CNC(=O)c1ccc(Cl)s1)c1cc2ccccc2o1. The highest BCUT2D eigenvalue weighted by atomic mass is 35.5. The molecule has 1 aromatic carbocycles. The van der Waals surface area contributed by atoms with Crippen LogP contribution in [0.4, 0.5) is 0 Å². The van der Waals surface area contributed by atoms with Crippen LogP contribution >= 0.6 is 22.9 Å². The summed E-state index contributed by atoms with van der Waals surface area (Å²) in [6.45, 7) is 1.65. The zero-order valence-electron chi connectivity index (χ0n) is 11.8. The Labute approximate surface area is 136 Å². The largest absolute Gasteiger partial charge is 0.458 e. The summed E-state index contributed by atoms with van der Waals surface area (Å²) in [4.78, 5) is 12.5. The standard InChI is InChI=1S/C16H14ClNO3S/c1-16(20,9-18-15(19)12-6-7-14(17)22-12)13-8-10-4-2-3-5-11(10)21-13/h2-8,20H,9H2,1H3,(H,18,19)/t16-/m1/s1. The number of para-hydroxylation sites is 1. The number of fused-ring (bicyclic) bond motifs is 1. The molecule has 0 saturated carbocycles. The van der Waals surface area contributed by atoms with Crippen molar-refractivity contribution in [1.29, 1.82) is 0 Å². The van der Waals surface area contributed by atoms with E-state index >= 15 is 0 Å². The van der Waals surface area contributed by atoms with Crippen molar-refractivity contribution < 1.29 is 14.3 Å². The lowest BCUT2D eigenvalue weighted by molar-refractivity contribution is 0.0345. The molecule has 4 nitrogen and oxygen atoms in total. The van der Waals surface area contributed by atoms with Gasteiger partial charge in [-0.15, -0.1) is 11.3 Å². The van der Waals surface area contributed by atoms with Gasteiger partial charge in [-0.05, 0) is 31.2 Å². The van der Waals surface area contributed by atoms with E-state index in [1.165, 1.54) is 11.3 Å². The molecule has 1 atom stereocenters. The third kappa shape index (κ3) is 3.02. The highest BCUT2D eigenvalue weighted by molar-refractivity contribution is 7.17. The van der Waals surface area contributed by atoms with E-state index in [2.05, 4.69) is 5.32 Å². The molecule has 2 N–H and O–H groups in total. The van der Waals surface area contributed by atoms with Crippen LogP contribution in [0.3, 0.4) is 0 Å². The quantitative estimate of drug-likeness (QED) is 0.762. The third-order valence-electron chi connectivity index (χ3n) is 3.35. The Morgan fingerprint density at radius 1 is 1.36 bits per heavy atom. The van der Waals surface area contributed by atoms with Crippen molar-refractivity contribution in [3.63, 3.8) is 0 Å². The summed E-state index contributed by atoms with van der Waals surface area (Å²) in [6.07, 6.45) is 0. The number of rotatable bonds is 4. The molecule has 0 bridgehead atoms. The van der Waals surface area contributed by atoms with Gasteiger partial charge in [-0.1, -0.05) is 29.8 Å². The second-order valence-corrected chi connectivity index (χ2v) is 6.92. The van der Waals surface area contributed by atoms with Crippen LogP contribution in [0.15, 0.2) is 46.9 Å². The molecule has 0 aliphatic rings. The van der Waals surface area contributed by atoms with Crippen LogP contribution in [0.25, 0.3) is 11.0 Å². The lowest BCUT2D eigenvalue weighted by atomic mass is 10.0. The molecule has 0 radical (unpaired) electrons. The van der Waals surface area contributed by atoms with Crippen LogP contribution in [0.5, 0.6) is 0 Å². The van der Waals surface area contributed by atoms with E-state index in [4.69, 9.17) is 16.0 Å². The molecular weight excluding hydrogens is 322 g/mol. The van der Waals surface area contributed by atoms with Gasteiger partial charge in [0.2, 0.25) is 0 Å². The molecule has 0 unspecified atom stereocenters. The van der Waals surface area contributed by atoms with Gasteiger partial charge in [-0.3, -0.25) is 4.79 Å². The van der Waals surface area contributed by atoms with Gasteiger partial charge in [0.1, 0.15) is 16.9 Å². The molecule has 22 heavy (non-hydrogen) atoms. The number of benzene rings is 1. The van der Waals surface area contributed by atoms with Crippen LogP contribution < -0.4 is 5.32 Å². The highest BCUT2D eigenvalue weighted by Crippen LogP contribution is 2.28. The van der Waals surface area contributed by atoms with Gasteiger partial charge < -0.3 is 14.8 Å². The molecular formula is C16H14ClNO3S. The summed E-state index contributed by atoms with van der Waals surface area (Å²) < 4.78 is 6.21. The van der Waals surface area contributed by atoms with Crippen molar-refractivity contribution in [1.82, 2.24) is 5.32 Å².